The summed E-state index contributed by atoms with van der Waals surface area (Å²) in [6, 6.07) is 15.5. The number of hydrogen-bond donors (Lipinski definition) is 2. The molecule has 10 heteroatoms. The first kappa shape index (κ1) is 24.9. The summed E-state index contributed by atoms with van der Waals surface area (Å²) in [4.78, 5) is 18.3. The molecule has 1 amide bonds. The molecule has 0 bridgehead atoms. The molecule has 2 N–H and O–H groups in total. The van der Waals surface area contributed by atoms with Crippen LogP contribution in [-0.2, 0) is 18.8 Å². The van der Waals surface area contributed by atoms with Crippen LogP contribution in [0.2, 0.25) is 0 Å². The van der Waals surface area contributed by atoms with Gasteiger partial charge in [0.25, 0.3) is 5.91 Å². The molecule has 5 rings (SSSR count). The summed E-state index contributed by atoms with van der Waals surface area (Å²) in [5, 5.41) is 3.57. The van der Waals surface area contributed by atoms with E-state index in [1.807, 2.05) is 25.2 Å². The van der Waals surface area contributed by atoms with Gasteiger partial charge in [-0.3, -0.25) is 9.69 Å². The SMILES string of the molecule is CN1CCc2c([nH]c3ccccc23)C1c1ccc(NC(=O)c2cc(C(F)(F)F)cc(C(F)(F)F)c2)cc1. The largest absolute Gasteiger partial charge is 0.416 e. The van der Waals surface area contributed by atoms with Crippen molar-refractivity contribution >= 4 is 22.5 Å². The molecular formula is C27H21F6N3O. The molecule has 4 aromatic rings. The lowest BCUT2D eigenvalue weighted by molar-refractivity contribution is -0.143. The summed E-state index contributed by atoms with van der Waals surface area (Å²) in [5.41, 5.74) is 0.685. The molecule has 1 aliphatic rings. The maximum absolute atomic E-state index is 13.1. The lowest BCUT2D eigenvalue weighted by Crippen LogP contribution is -2.32. The molecule has 4 nitrogen and oxygen atoms in total. The average molecular weight is 517 g/mol. The maximum atomic E-state index is 13.1. The molecule has 1 atom stereocenters. The van der Waals surface area contributed by atoms with E-state index in [1.54, 1.807) is 24.3 Å². The highest BCUT2D eigenvalue weighted by Crippen LogP contribution is 2.38. The predicted octanol–water partition coefficient (Wildman–Crippen LogP) is 7.04. The predicted molar refractivity (Wildman–Crippen MR) is 127 cm³/mol. The first-order valence-electron chi connectivity index (χ1n) is 11.4. The molecule has 0 radical (unpaired) electrons. The van der Waals surface area contributed by atoms with Gasteiger partial charge in [0, 0.05) is 34.4 Å². The van der Waals surface area contributed by atoms with E-state index in [2.05, 4.69) is 21.3 Å². The number of hydrogen-bond acceptors (Lipinski definition) is 2. The quantitative estimate of drug-likeness (QED) is 0.287. The number of para-hydroxylation sites is 1. The van der Waals surface area contributed by atoms with Gasteiger partial charge >= 0.3 is 12.4 Å². The second-order valence-electron chi connectivity index (χ2n) is 9.07. The zero-order chi connectivity index (χ0) is 26.5. The Hall–Kier alpha value is -3.79. The number of aromatic nitrogens is 1. The molecule has 0 fully saturated rings. The Kier molecular flexibility index (Phi) is 6.02. The number of alkyl halides is 6. The lowest BCUT2D eigenvalue weighted by Gasteiger charge is -2.33. The van der Waals surface area contributed by atoms with Crippen LogP contribution in [0, 0.1) is 0 Å². The molecule has 1 aromatic heterocycles. The Morgan fingerprint density at radius 3 is 2.16 bits per heavy atom. The van der Waals surface area contributed by atoms with Gasteiger partial charge in [-0.1, -0.05) is 30.3 Å². The number of carbonyl (C=O) groups excluding carboxylic acids is 1. The van der Waals surface area contributed by atoms with E-state index in [-0.39, 0.29) is 17.8 Å². The third kappa shape index (κ3) is 4.81. The average Bonchev–Trinajstić information content (AvgIpc) is 3.22. The fourth-order valence-corrected chi connectivity index (χ4v) is 4.82. The smallest absolute Gasteiger partial charge is 0.357 e. The highest BCUT2D eigenvalue weighted by atomic mass is 19.4. The van der Waals surface area contributed by atoms with Gasteiger partial charge in [-0.2, -0.15) is 26.3 Å². The molecule has 0 saturated heterocycles. The van der Waals surface area contributed by atoms with Crippen molar-refractivity contribution in [2.75, 3.05) is 18.9 Å². The summed E-state index contributed by atoms with van der Waals surface area (Å²) in [6.45, 7) is 0.828. The zero-order valence-electron chi connectivity index (χ0n) is 19.5. The number of amides is 1. The van der Waals surface area contributed by atoms with E-state index in [1.165, 1.54) is 10.9 Å². The fraction of sp³-hybridized carbons (Fsp3) is 0.222. The minimum Gasteiger partial charge on any atom is -0.357 e. The number of likely N-dealkylation sites (N-methyl/N-ethyl adjacent to an activating group) is 1. The van der Waals surface area contributed by atoms with Gasteiger partial charge in [-0.25, -0.2) is 0 Å². The number of carbonyl (C=O) groups is 1. The number of rotatable bonds is 3. The van der Waals surface area contributed by atoms with Gasteiger partial charge in [0.1, 0.15) is 0 Å². The Morgan fingerprint density at radius 2 is 1.54 bits per heavy atom. The van der Waals surface area contributed by atoms with Crippen LogP contribution in [0.15, 0.2) is 66.7 Å². The number of nitrogens with zero attached hydrogens (tertiary/aromatic N) is 1. The van der Waals surface area contributed by atoms with Crippen LogP contribution < -0.4 is 5.32 Å². The monoisotopic (exact) mass is 517 g/mol. The number of halogens is 6. The number of aromatic amines is 1. The van der Waals surface area contributed by atoms with Crippen molar-refractivity contribution in [1.29, 1.82) is 0 Å². The standard InChI is InChI=1S/C27H21F6N3O/c1-36-11-10-21-20-4-2-3-5-22(20)35-23(21)24(36)15-6-8-19(9-7-15)34-25(37)16-12-17(26(28,29)30)14-18(13-16)27(31,32)33/h2-9,12-14,24,35H,10-11H2,1H3,(H,34,37). The molecule has 0 aliphatic carbocycles. The van der Waals surface area contributed by atoms with Crippen molar-refractivity contribution in [1.82, 2.24) is 9.88 Å². The topological polar surface area (TPSA) is 48.1 Å². The van der Waals surface area contributed by atoms with Gasteiger partial charge in [0.2, 0.25) is 0 Å². The summed E-state index contributed by atoms with van der Waals surface area (Å²) in [6.07, 6.45) is -9.19. The zero-order valence-corrected chi connectivity index (χ0v) is 19.5. The van der Waals surface area contributed by atoms with Gasteiger partial charge in [-0.05, 0) is 61.0 Å². The summed E-state index contributed by atoms with van der Waals surface area (Å²) in [5.74, 6) is -1.07. The van der Waals surface area contributed by atoms with Gasteiger partial charge in [-0.15, -0.1) is 0 Å². The first-order valence-corrected chi connectivity index (χ1v) is 11.4. The van der Waals surface area contributed by atoms with Crippen molar-refractivity contribution in [2.45, 2.75) is 24.8 Å². The minimum absolute atomic E-state index is 0.00939. The Morgan fingerprint density at radius 1 is 0.919 bits per heavy atom. The van der Waals surface area contributed by atoms with Crippen LogP contribution in [0.5, 0.6) is 0 Å². The number of fused-ring (bicyclic) bond motifs is 3. The Labute approximate surface area is 207 Å². The van der Waals surface area contributed by atoms with Crippen molar-refractivity contribution in [2.24, 2.45) is 0 Å². The lowest BCUT2D eigenvalue weighted by atomic mass is 9.93. The van der Waals surface area contributed by atoms with Crippen molar-refractivity contribution in [3.8, 4) is 0 Å². The number of anilines is 1. The molecule has 1 aliphatic heterocycles. The van der Waals surface area contributed by atoms with Crippen LogP contribution >= 0.6 is 0 Å². The van der Waals surface area contributed by atoms with Gasteiger partial charge < -0.3 is 10.3 Å². The van der Waals surface area contributed by atoms with E-state index in [0.717, 1.165) is 29.7 Å². The van der Waals surface area contributed by atoms with Crippen molar-refractivity contribution in [3.63, 3.8) is 0 Å². The maximum Gasteiger partial charge on any atom is 0.416 e. The normalized spacial score (nSPS) is 16.6. The highest BCUT2D eigenvalue weighted by Gasteiger charge is 2.37. The third-order valence-electron chi connectivity index (χ3n) is 6.61. The molecule has 37 heavy (non-hydrogen) atoms. The van der Waals surface area contributed by atoms with Gasteiger partial charge in [0.15, 0.2) is 0 Å². The Bertz CT molecular complexity index is 1440. The van der Waals surface area contributed by atoms with Crippen LogP contribution in [0.1, 0.15) is 44.3 Å². The second-order valence-corrected chi connectivity index (χ2v) is 9.07. The minimum atomic E-state index is -5.04. The Balaban J connectivity index is 1.42. The number of nitrogens with one attached hydrogen (secondary N) is 2. The van der Waals surface area contributed by atoms with E-state index < -0.39 is 35.0 Å². The summed E-state index contributed by atoms with van der Waals surface area (Å²) < 4.78 is 78.9. The van der Waals surface area contributed by atoms with Gasteiger partial charge in [0.05, 0.1) is 17.2 Å². The summed E-state index contributed by atoms with van der Waals surface area (Å²) >= 11 is 0. The van der Waals surface area contributed by atoms with Crippen molar-refractivity contribution < 1.29 is 31.1 Å². The molecule has 192 valence electrons. The van der Waals surface area contributed by atoms with E-state index in [0.29, 0.717) is 12.1 Å². The van der Waals surface area contributed by atoms with Crippen molar-refractivity contribution in [3.05, 3.63) is 100 Å². The van der Waals surface area contributed by atoms with E-state index in [9.17, 15) is 31.1 Å². The highest BCUT2D eigenvalue weighted by molar-refractivity contribution is 6.04. The molecule has 0 spiro atoms. The first-order chi connectivity index (χ1) is 17.4. The molecule has 3 aromatic carbocycles. The molecule has 2 heterocycles. The van der Waals surface area contributed by atoms with Crippen LogP contribution in [0.25, 0.3) is 10.9 Å². The molecular weight excluding hydrogens is 496 g/mol. The third-order valence-corrected chi connectivity index (χ3v) is 6.61. The van der Waals surface area contributed by atoms with Crippen LogP contribution in [0.4, 0.5) is 32.0 Å². The van der Waals surface area contributed by atoms with Crippen LogP contribution in [0.3, 0.4) is 0 Å². The molecule has 1 unspecified atom stereocenters. The van der Waals surface area contributed by atoms with E-state index in [4.69, 9.17) is 0 Å². The number of benzene rings is 3. The summed E-state index contributed by atoms with van der Waals surface area (Å²) in [7, 11) is 2.00. The molecule has 0 saturated carbocycles. The number of H-pyrrole nitrogens is 1. The second kappa shape index (κ2) is 8.95. The van der Waals surface area contributed by atoms with Crippen LogP contribution in [-0.4, -0.2) is 29.4 Å². The van der Waals surface area contributed by atoms with E-state index >= 15 is 0 Å². The fourth-order valence-electron chi connectivity index (χ4n) is 4.82.